The second-order valence-corrected chi connectivity index (χ2v) is 4.35. The molecule has 112 valence electrons. The first kappa shape index (κ1) is 15.0. The standard InChI is InChI=1S/C13H12F3N3O2/c1-2-8(11(20)21)17-10-7-5-3-4-6-9(7)18-12(19-10)13(14,15)16/h3-6,8H,2H2,1H3,(H,20,21)(H,17,18,19)/t8-/m0/s1. The Labute approximate surface area is 117 Å². The molecule has 0 saturated carbocycles. The van der Waals surface area contributed by atoms with Crippen LogP contribution in [0.2, 0.25) is 0 Å². The van der Waals surface area contributed by atoms with Crippen molar-refractivity contribution >= 4 is 22.7 Å². The lowest BCUT2D eigenvalue weighted by Crippen LogP contribution is -2.29. The number of alkyl halides is 3. The number of hydrogen-bond acceptors (Lipinski definition) is 4. The molecule has 2 N–H and O–H groups in total. The van der Waals surface area contributed by atoms with E-state index in [-0.39, 0.29) is 17.8 Å². The number of aliphatic carboxylic acids is 1. The van der Waals surface area contributed by atoms with E-state index in [0.29, 0.717) is 5.39 Å². The highest BCUT2D eigenvalue weighted by molar-refractivity contribution is 5.90. The number of para-hydroxylation sites is 1. The van der Waals surface area contributed by atoms with Crippen molar-refractivity contribution in [1.82, 2.24) is 9.97 Å². The molecule has 0 fully saturated rings. The normalized spacial score (nSPS) is 13.1. The molecule has 5 nitrogen and oxygen atoms in total. The number of carboxylic acids is 1. The van der Waals surface area contributed by atoms with Gasteiger partial charge in [-0.05, 0) is 18.6 Å². The predicted octanol–water partition coefficient (Wildman–Crippen LogP) is 2.92. The lowest BCUT2D eigenvalue weighted by atomic mass is 10.2. The molecule has 0 radical (unpaired) electrons. The molecule has 0 bridgehead atoms. The Morgan fingerprint density at radius 3 is 2.57 bits per heavy atom. The van der Waals surface area contributed by atoms with Crippen LogP contribution in [0.3, 0.4) is 0 Å². The van der Waals surface area contributed by atoms with Crippen LogP contribution >= 0.6 is 0 Å². The molecule has 0 spiro atoms. The van der Waals surface area contributed by atoms with Crippen molar-refractivity contribution in [2.24, 2.45) is 0 Å². The molecule has 0 aliphatic carbocycles. The molecule has 8 heteroatoms. The van der Waals surface area contributed by atoms with Gasteiger partial charge in [0, 0.05) is 5.39 Å². The van der Waals surface area contributed by atoms with Crippen LogP contribution < -0.4 is 5.32 Å². The van der Waals surface area contributed by atoms with E-state index in [2.05, 4.69) is 15.3 Å². The minimum atomic E-state index is -4.70. The number of carbonyl (C=O) groups is 1. The van der Waals surface area contributed by atoms with E-state index < -0.39 is 24.0 Å². The van der Waals surface area contributed by atoms with Gasteiger partial charge in [-0.2, -0.15) is 13.2 Å². The quantitative estimate of drug-likeness (QED) is 0.908. The van der Waals surface area contributed by atoms with Crippen LogP contribution in [0.1, 0.15) is 19.2 Å². The Balaban J connectivity index is 2.57. The van der Waals surface area contributed by atoms with E-state index in [1.54, 1.807) is 19.1 Å². The van der Waals surface area contributed by atoms with Crippen molar-refractivity contribution in [3.05, 3.63) is 30.1 Å². The maximum absolute atomic E-state index is 12.8. The predicted molar refractivity (Wildman–Crippen MR) is 69.9 cm³/mol. The molecule has 0 aliphatic rings. The highest BCUT2D eigenvalue weighted by Gasteiger charge is 2.35. The number of halogens is 3. The number of carboxylic acid groups (broad SMARTS) is 1. The van der Waals surface area contributed by atoms with E-state index in [0.717, 1.165) is 0 Å². The smallest absolute Gasteiger partial charge is 0.451 e. The average Bonchev–Trinajstić information content (AvgIpc) is 2.42. The monoisotopic (exact) mass is 299 g/mol. The second-order valence-electron chi connectivity index (χ2n) is 4.35. The number of fused-ring (bicyclic) bond motifs is 1. The molecule has 0 aliphatic heterocycles. The number of hydrogen-bond donors (Lipinski definition) is 2. The average molecular weight is 299 g/mol. The fourth-order valence-electron chi connectivity index (χ4n) is 1.82. The topological polar surface area (TPSA) is 75.1 Å². The summed E-state index contributed by atoms with van der Waals surface area (Å²) < 4.78 is 38.4. The van der Waals surface area contributed by atoms with E-state index in [4.69, 9.17) is 5.11 Å². The Kier molecular flexibility index (Phi) is 3.97. The maximum atomic E-state index is 12.8. The Bertz CT molecular complexity index is 673. The van der Waals surface area contributed by atoms with Crippen molar-refractivity contribution in [2.45, 2.75) is 25.6 Å². The van der Waals surface area contributed by atoms with Gasteiger partial charge in [0.1, 0.15) is 11.9 Å². The van der Waals surface area contributed by atoms with Gasteiger partial charge in [-0.1, -0.05) is 19.1 Å². The van der Waals surface area contributed by atoms with Gasteiger partial charge in [-0.3, -0.25) is 0 Å². The van der Waals surface area contributed by atoms with E-state index >= 15 is 0 Å². The maximum Gasteiger partial charge on any atom is 0.451 e. The summed E-state index contributed by atoms with van der Waals surface area (Å²) in [6.45, 7) is 1.61. The first-order valence-corrected chi connectivity index (χ1v) is 6.16. The van der Waals surface area contributed by atoms with Crippen LogP contribution in [0.15, 0.2) is 24.3 Å². The summed E-state index contributed by atoms with van der Waals surface area (Å²) in [6, 6.07) is 5.09. The summed E-state index contributed by atoms with van der Waals surface area (Å²) >= 11 is 0. The number of benzene rings is 1. The van der Waals surface area contributed by atoms with Crippen molar-refractivity contribution in [3.8, 4) is 0 Å². The van der Waals surface area contributed by atoms with Gasteiger partial charge in [-0.15, -0.1) is 0 Å². The zero-order chi connectivity index (χ0) is 15.6. The lowest BCUT2D eigenvalue weighted by molar-refractivity contribution is -0.144. The molecule has 1 atom stereocenters. The van der Waals surface area contributed by atoms with E-state index in [1.165, 1.54) is 12.1 Å². The van der Waals surface area contributed by atoms with Crippen LogP contribution in [0.25, 0.3) is 10.9 Å². The van der Waals surface area contributed by atoms with Gasteiger partial charge in [-0.25, -0.2) is 14.8 Å². The van der Waals surface area contributed by atoms with E-state index in [9.17, 15) is 18.0 Å². The summed E-state index contributed by atoms with van der Waals surface area (Å²) in [6.07, 6.45) is -4.50. The highest BCUT2D eigenvalue weighted by Crippen LogP contribution is 2.30. The molecule has 1 aromatic heterocycles. The fourth-order valence-corrected chi connectivity index (χ4v) is 1.82. The lowest BCUT2D eigenvalue weighted by Gasteiger charge is -2.16. The molecule has 21 heavy (non-hydrogen) atoms. The van der Waals surface area contributed by atoms with Crippen molar-refractivity contribution < 1.29 is 23.1 Å². The summed E-state index contributed by atoms with van der Waals surface area (Å²) in [5.41, 5.74) is 0.0996. The second kappa shape index (κ2) is 5.55. The SMILES string of the molecule is CC[C@H](Nc1nc(C(F)(F)F)nc2ccccc12)C(=O)O. The molecular weight excluding hydrogens is 287 g/mol. The molecule has 0 unspecified atom stereocenters. The minimum absolute atomic E-state index is 0.0996. The zero-order valence-electron chi connectivity index (χ0n) is 11.0. The minimum Gasteiger partial charge on any atom is -0.480 e. The molecular formula is C13H12F3N3O2. The Morgan fingerprint density at radius 2 is 2.00 bits per heavy atom. The van der Waals surface area contributed by atoms with Crippen LogP contribution in [0.4, 0.5) is 19.0 Å². The first-order valence-electron chi connectivity index (χ1n) is 6.16. The molecule has 1 heterocycles. The van der Waals surface area contributed by atoms with Crippen molar-refractivity contribution in [3.63, 3.8) is 0 Å². The van der Waals surface area contributed by atoms with E-state index in [1.807, 2.05) is 0 Å². The third-order valence-corrected chi connectivity index (χ3v) is 2.87. The van der Waals surface area contributed by atoms with Gasteiger partial charge < -0.3 is 10.4 Å². The van der Waals surface area contributed by atoms with Gasteiger partial charge in [0.05, 0.1) is 5.52 Å². The van der Waals surface area contributed by atoms with Crippen molar-refractivity contribution in [1.29, 1.82) is 0 Å². The first-order chi connectivity index (χ1) is 9.82. The van der Waals surface area contributed by atoms with Crippen LogP contribution in [-0.2, 0) is 11.0 Å². The summed E-state index contributed by atoms with van der Waals surface area (Å²) in [7, 11) is 0. The summed E-state index contributed by atoms with van der Waals surface area (Å²) in [5.74, 6) is -2.60. The van der Waals surface area contributed by atoms with Crippen LogP contribution in [0, 0.1) is 0 Å². The van der Waals surface area contributed by atoms with Crippen molar-refractivity contribution in [2.75, 3.05) is 5.32 Å². The van der Waals surface area contributed by atoms with Gasteiger partial charge in [0.2, 0.25) is 5.82 Å². The molecule has 0 saturated heterocycles. The third kappa shape index (κ3) is 3.21. The number of aromatic nitrogens is 2. The molecule has 1 aromatic carbocycles. The Morgan fingerprint density at radius 1 is 1.33 bits per heavy atom. The number of rotatable bonds is 4. The van der Waals surface area contributed by atoms with Gasteiger partial charge in [0.25, 0.3) is 0 Å². The fraction of sp³-hybridized carbons (Fsp3) is 0.308. The molecule has 2 rings (SSSR count). The van der Waals surface area contributed by atoms with Crippen LogP contribution in [-0.4, -0.2) is 27.1 Å². The van der Waals surface area contributed by atoms with Gasteiger partial charge >= 0.3 is 12.1 Å². The highest BCUT2D eigenvalue weighted by atomic mass is 19.4. The summed E-state index contributed by atoms with van der Waals surface area (Å²) in [4.78, 5) is 17.9. The van der Waals surface area contributed by atoms with Gasteiger partial charge in [0.15, 0.2) is 0 Å². The molecule has 2 aromatic rings. The Hall–Kier alpha value is -2.38. The third-order valence-electron chi connectivity index (χ3n) is 2.87. The van der Waals surface area contributed by atoms with Crippen LogP contribution in [0.5, 0.6) is 0 Å². The number of anilines is 1. The molecule has 0 amide bonds. The summed E-state index contributed by atoms with van der Waals surface area (Å²) in [5, 5.41) is 11.9. The largest absolute Gasteiger partial charge is 0.480 e. The zero-order valence-corrected chi connectivity index (χ0v) is 11.0. The number of nitrogens with one attached hydrogen (secondary N) is 1. The number of nitrogens with zero attached hydrogens (tertiary/aromatic N) is 2.